The molecule has 1 aromatic heterocycles. The van der Waals surface area contributed by atoms with Crippen molar-refractivity contribution >= 4 is 28.8 Å². The molecule has 1 aromatic carbocycles. The third-order valence-corrected chi connectivity index (χ3v) is 4.17. The summed E-state index contributed by atoms with van der Waals surface area (Å²) in [5, 5.41) is 8.63. The second-order valence-electron chi connectivity index (χ2n) is 6.77. The first-order valence-corrected chi connectivity index (χ1v) is 8.66. The van der Waals surface area contributed by atoms with E-state index in [-0.39, 0.29) is 23.8 Å². The standard InChI is InChI=1S/C18H23N3O2S/c1-11-14(17(23)21-18(3,4)5)7-6-8-15(11)20-16(22)9-13-10-24-12(2)19-13/h6-8,10H,9H2,1-5H3,(H,20,22)(H,21,23). The van der Waals surface area contributed by atoms with E-state index in [4.69, 9.17) is 0 Å². The second-order valence-corrected chi connectivity index (χ2v) is 7.83. The highest BCUT2D eigenvalue weighted by molar-refractivity contribution is 7.09. The van der Waals surface area contributed by atoms with E-state index in [0.717, 1.165) is 16.3 Å². The van der Waals surface area contributed by atoms with Crippen molar-refractivity contribution in [3.05, 3.63) is 45.4 Å². The van der Waals surface area contributed by atoms with Gasteiger partial charge >= 0.3 is 0 Å². The van der Waals surface area contributed by atoms with Gasteiger partial charge in [-0.15, -0.1) is 11.3 Å². The van der Waals surface area contributed by atoms with Gasteiger partial charge in [-0.1, -0.05) is 6.07 Å². The van der Waals surface area contributed by atoms with Crippen LogP contribution in [0.15, 0.2) is 23.6 Å². The largest absolute Gasteiger partial charge is 0.347 e. The van der Waals surface area contributed by atoms with Crippen molar-refractivity contribution in [2.45, 2.75) is 46.6 Å². The van der Waals surface area contributed by atoms with E-state index in [1.807, 2.05) is 40.0 Å². The molecule has 2 aromatic rings. The summed E-state index contributed by atoms with van der Waals surface area (Å²) in [5.74, 6) is -0.289. The Morgan fingerprint density at radius 2 is 1.92 bits per heavy atom. The number of carbonyl (C=O) groups is 2. The molecule has 24 heavy (non-hydrogen) atoms. The number of aromatic nitrogens is 1. The van der Waals surface area contributed by atoms with Gasteiger partial charge in [-0.3, -0.25) is 9.59 Å². The van der Waals surface area contributed by atoms with Gasteiger partial charge in [0.05, 0.1) is 17.1 Å². The van der Waals surface area contributed by atoms with Crippen molar-refractivity contribution in [1.29, 1.82) is 0 Å². The smallest absolute Gasteiger partial charge is 0.252 e. The summed E-state index contributed by atoms with van der Waals surface area (Å²) in [5.41, 5.74) is 2.41. The average molecular weight is 345 g/mol. The first-order chi connectivity index (χ1) is 11.2. The summed E-state index contributed by atoms with van der Waals surface area (Å²) in [7, 11) is 0. The van der Waals surface area contributed by atoms with Crippen LogP contribution in [0.2, 0.25) is 0 Å². The first kappa shape index (κ1) is 18.1. The number of nitrogens with one attached hydrogen (secondary N) is 2. The van der Waals surface area contributed by atoms with Gasteiger partial charge in [0.15, 0.2) is 0 Å². The maximum absolute atomic E-state index is 12.4. The molecule has 0 unspecified atom stereocenters. The minimum absolute atomic E-state index is 0.142. The van der Waals surface area contributed by atoms with Gasteiger partial charge in [0, 0.05) is 22.2 Å². The number of anilines is 1. The number of thiazole rings is 1. The van der Waals surface area contributed by atoms with Crippen molar-refractivity contribution in [3.63, 3.8) is 0 Å². The Balaban J connectivity index is 2.12. The molecule has 2 N–H and O–H groups in total. The lowest BCUT2D eigenvalue weighted by molar-refractivity contribution is -0.115. The van der Waals surface area contributed by atoms with Gasteiger partial charge in [-0.2, -0.15) is 0 Å². The fourth-order valence-electron chi connectivity index (χ4n) is 2.27. The second kappa shape index (κ2) is 7.13. The summed E-state index contributed by atoms with van der Waals surface area (Å²) < 4.78 is 0. The number of hydrogen-bond donors (Lipinski definition) is 2. The molecule has 0 fully saturated rings. The van der Waals surface area contributed by atoms with Gasteiger partial charge in [0.2, 0.25) is 5.91 Å². The Labute approximate surface area is 146 Å². The highest BCUT2D eigenvalue weighted by atomic mass is 32.1. The Morgan fingerprint density at radius 1 is 1.21 bits per heavy atom. The van der Waals surface area contributed by atoms with Crippen LogP contribution in [0.25, 0.3) is 0 Å². The van der Waals surface area contributed by atoms with Gasteiger partial charge < -0.3 is 10.6 Å². The lowest BCUT2D eigenvalue weighted by Crippen LogP contribution is -2.40. The van der Waals surface area contributed by atoms with Crippen molar-refractivity contribution in [1.82, 2.24) is 10.3 Å². The molecule has 2 amide bonds. The molecule has 0 bridgehead atoms. The Bertz CT molecular complexity index is 760. The zero-order chi connectivity index (χ0) is 17.9. The minimum atomic E-state index is -0.314. The van der Waals surface area contributed by atoms with Gasteiger partial charge in [0.1, 0.15) is 0 Å². The van der Waals surface area contributed by atoms with E-state index in [1.165, 1.54) is 11.3 Å². The number of aryl methyl sites for hydroxylation is 1. The predicted molar refractivity (Wildman–Crippen MR) is 97.6 cm³/mol. The van der Waals surface area contributed by atoms with Gasteiger partial charge in [0.25, 0.3) is 5.91 Å². The molecule has 0 aliphatic carbocycles. The normalized spacial score (nSPS) is 11.2. The zero-order valence-corrected chi connectivity index (χ0v) is 15.5. The van der Waals surface area contributed by atoms with E-state index in [9.17, 15) is 9.59 Å². The van der Waals surface area contributed by atoms with Crippen LogP contribution < -0.4 is 10.6 Å². The highest BCUT2D eigenvalue weighted by Crippen LogP contribution is 2.20. The van der Waals surface area contributed by atoms with Gasteiger partial charge in [-0.25, -0.2) is 4.98 Å². The predicted octanol–water partition coefficient (Wildman–Crippen LogP) is 3.47. The molecule has 0 aliphatic heterocycles. The van der Waals surface area contributed by atoms with Crippen LogP contribution in [0.3, 0.4) is 0 Å². The van der Waals surface area contributed by atoms with Crippen molar-refractivity contribution < 1.29 is 9.59 Å². The number of nitrogens with zero attached hydrogens (tertiary/aromatic N) is 1. The monoisotopic (exact) mass is 345 g/mol. The Morgan fingerprint density at radius 3 is 2.50 bits per heavy atom. The number of rotatable bonds is 4. The number of carbonyl (C=O) groups excluding carboxylic acids is 2. The van der Waals surface area contributed by atoms with E-state index in [2.05, 4.69) is 15.6 Å². The molecular formula is C18H23N3O2S. The van der Waals surface area contributed by atoms with Crippen LogP contribution >= 0.6 is 11.3 Å². The third kappa shape index (κ3) is 4.89. The molecule has 5 nitrogen and oxygen atoms in total. The molecule has 0 radical (unpaired) electrons. The Hall–Kier alpha value is -2.21. The fraction of sp³-hybridized carbons (Fsp3) is 0.389. The van der Waals surface area contributed by atoms with E-state index >= 15 is 0 Å². The summed E-state index contributed by atoms with van der Waals surface area (Å²) in [6.45, 7) is 9.54. The third-order valence-electron chi connectivity index (χ3n) is 3.35. The van der Waals surface area contributed by atoms with Crippen LogP contribution in [0.5, 0.6) is 0 Å². The molecule has 0 saturated heterocycles. The lowest BCUT2D eigenvalue weighted by Gasteiger charge is -2.21. The van der Waals surface area contributed by atoms with Crippen molar-refractivity contribution in [2.75, 3.05) is 5.32 Å². The van der Waals surface area contributed by atoms with Gasteiger partial charge in [-0.05, 0) is 52.3 Å². The molecule has 0 aliphatic rings. The maximum atomic E-state index is 12.4. The quantitative estimate of drug-likeness (QED) is 0.891. The first-order valence-electron chi connectivity index (χ1n) is 7.79. The number of hydrogen-bond acceptors (Lipinski definition) is 4. The van der Waals surface area contributed by atoms with E-state index < -0.39 is 0 Å². The van der Waals surface area contributed by atoms with Crippen LogP contribution in [-0.2, 0) is 11.2 Å². The number of amides is 2. The topological polar surface area (TPSA) is 71.1 Å². The highest BCUT2D eigenvalue weighted by Gasteiger charge is 2.18. The lowest BCUT2D eigenvalue weighted by atomic mass is 10.0. The molecule has 0 atom stereocenters. The fourth-order valence-corrected chi connectivity index (χ4v) is 2.89. The number of benzene rings is 1. The summed E-state index contributed by atoms with van der Waals surface area (Å²) in [4.78, 5) is 28.9. The molecular weight excluding hydrogens is 322 g/mol. The Kier molecular flexibility index (Phi) is 5.39. The van der Waals surface area contributed by atoms with E-state index in [1.54, 1.807) is 18.2 Å². The molecule has 0 saturated carbocycles. The maximum Gasteiger partial charge on any atom is 0.252 e. The van der Waals surface area contributed by atoms with Crippen molar-refractivity contribution in [3.8, 4) is 0 Å². The van der Waals surface area contributed by atoms with E-state index in [0.29, 0.717) is 11.3 Å². The molecule has 6 heteroatoms. The minimum Gasteiger partial charge on any atom is -0.347 e. The van der Waals surface area contributed by atoms with Crippen LogP contribution in [0.4, 0.5) is 5.69 Å². The molecule has 2 rings (SSSR count). The van der Waals surface area contributed by atoms with Crippen LogP contribution in [-0.4, -0.2) is 22.3 Å². The summed E-state index contributed by atoms with van der Waals surface area (Å²) >= 11 is 1.52. The van der Waals surface area contributed by atoms with Crippen LogP contribution in [0, 0.1) is 13.8 Å². The molecule has 1 heterocycles. The summed E-state index contributed by atoms with van der Waals surface area (Å²) in [6, 6.07) is 5.33. The zero-order valence-electron chi connectivity index (χ0n) is 14.7. The molecule has 0 spiro atoms. The summed E-state index contributed by atoms with van der Waals surface area (Å²) in [6.07, 6.45) is 0.224. The SMILES string of the molecule is Cc1nc(CC(=O)Nc2cccc(C(=O)NC(C)(C)C)c2C)cs1. The average Bonchev–Trinajstić information content (AvgIpc) is 2.84. The molecule has 128 valence electrons. The van der Waals surface area contributed by atoms with Crippen LogP contribution in [0.1, 0.15) is 47.4 Å². The van der Waals surface area contributed by atoms with Crippen molar-refractivity contribution in [2.24, 2.45) is 0 Å².